The molecule has 0 atom stereocenters. The average molecular weight is 272 g/mol. The van der Waals surface area contributed by atoms with Crippen LogP contribution in [0.3, 0.4) is 0 Å². The molecule has 0 unspecified atom stereocenters. The third-order valence-corrected chi connectivity index (χ3v) is 3.78. The number of nitrogens with zero attached hydrogens (tertiary/aromatic N) is 2. The van der Waals surface area contributed by atoms with E-state index >= 15 is 0 Å². The van der Waals surface area contributed by atoms with E-state index in [2.05, 4.69) is 10.1 Å². The number of nitrogens with two attached hydrogens (primary N) is 2. The van der Waals surface area contributed by atoms with Crippen molar-refractivity contribution in [3.05, 3.63) is 35.7 Å². The molecule has 0 spiro atoms. The molecule has 2 aromatic rings. The Bertz CT molecular complexity index is 627. The normalized spacial score (nSPS) is 17.2. The minimum absolute atomic E-state index is 0.410. The second-order valence-electron chi connectivity index (χ2n) is 5.23. The van der Waals surface area contributed by atoms with Crippen molar-refractivity contribution < 1.29 is 9.32 Å². The van der Waals surface area contributed by atoms with Crippen LogP contribution in [0.25, 0.3) is 11.5 Å². The first kappa shape index (κ1) is 12.8. The summed E-state index contributed by atoms with van der Waals surface area (Å²) >= 11 is 0. The van der Waals surface area contributed by atoms with Crippen molar-refractivity contribution in [3.63, 3.8) is 0 Å². The van der Waals surface area contributed by atoms with Crippen LogP contribution in [-0.4, -0.2) is 16.0 Å². The second-order valence-corrected chi connectivity index (χ2v) is 5.23. The number of hydrogen-bond donors (Lipinski definition) is 2. The summed E-state index contributed by atoms with van der Waals surface area (Å²) in [4.78, 5) is 15.4. The standard InChI is InChI=1S/C14H16N4O2/c15-11(19)9-3-5-10(6-4-9)12-17-13(18-20-12)14(16)7-1-2-8-14/h3-6H,1-2,7-8,16H2,(H2,15,19). The number of carbonyl (C=O) groups is 1. The van der Waals surface area contributed by atoms with Crippen molar-refractivity contribution in [1.29, 1.82) is 0 Å². The lowest BCUT2D eigenvalue weighted by molar-refractivity contribution is 0.100. The monoisotopic (exact) mass is 272 g/mol. The first-order chi connectivity index (χ1) is 9.58. The maximum Gasteiger partial charge on any atom is 0.257 e. The van der Waals surface area contributed by atoms with Gasteiger partial charge >= 0.3 is 0 Å². The van der Waals surface area contributed by atoms with Crippen LogP contribution < -0.4 is 11.5 Å². The predicted octanol–water partition coefficient (Wildman–Crippen LogP) is 1.56. The van der Waals surface area contributed by atoms with E-state index in [9.17, 15) is 4.79 Å². The summed E-state index contributed by atoms with van der Waals surface area (Å²) < 4.78 is 5.27. The molecular weight excluding hydrogens is 256 g/mol. The van der Waals surface area contributed by atoms with Gasteiger partial charge in [-0.3, -0.25) is 4.79 Å². The lowest BCUT2D eigenvalue weighted by Gasteiger charge is -2.17. The molecular formula is C14H16N4O2. The SMILES string of the molecule is NC(=O)c1ccc(-c2nc(C3(N)CCCC3)no2)cc1. The van der Waals surface area contributed by atoms with Crippen molar-refractivity contribution in [2.45, 2.75) is 31.2 Å². The maximum atomic E-state index is 11.0. The largest absolute Gasteiger partial charge is 0.366 e. The summed E-state index contributed by atoms with van der Waals surface area (Å²) in [6.07, 6.45) is 3.94. The van der Waals surface area contributed by atoms with E-state index < -0.39 is 11.4 Å². The minimum Gasteiger partial charge on any atom is -0.366 e. The third-order valence-electron chi connectivity index (χ3n) is 3.78. The van der Waals surface area contributed by atoms with E-state index in [1.54, 1.807) is 24.3 Å². The lowest BCUT2D eigenvalue weighted by Crippen LogP contribution is -2.34. The number of aromatic nitrogens is 2. The highest BCUT2D eigenvalue weighted by Crippen LogP contribution is 2.35. The van der Waals surface area contributed by atoms with E-state index in [0.717, 1.165) is 31.2 Å². The third kappa shape index (κ3) is 2.18. The molecule has 0 aliphatic heterocycles. The fraction of sp³-hybridized carbons (Fsp3) is 0.357. The molecule has 0 bridgehead atoms. The minimum atomic E-state index is -0.463. The van der Waals surface area contributed by atoms with Crippen LogP contribution in [0.15, 0.2) is 28.8 Å². The van der Waals surface area contributed by atoms with Gasteiger partial charge in [0, 0.05) is 11.1 Å². The van der Waals surface area contributed by atoms with Crippen LogP contribution in [0.4, 0.5) is 0 Å². The predicted molar refractivity (Wildman–Crippen MR) is 72.6 cm³/mol. The summed E-state index contributed by atoms with van der Waals surface area (Å²) in [6, 6.07) is 6.73. The van der Waals surface area contributed by atoms with Crippen molar-refractivity contribution in [2.24, 2.45) is 11.5 Å². The van der Waals surface area contributed by atoms with Crippen LogP contribution in [0.5, 0.6) is 0 Å². The topological polar surface area (TPSA) is 108 Å². The Hall–Kier alpha value is -2.21. The van der Waals surface area contributed by atoms with Gasteiger partial charge in [0.25, 0.3) is 5.89 Å². The molecule has 6 heteroatoms. The summed E-state index contributed by atoms with van der Waals surface area (Å²) in [5.41, 5.74) is 12.2. The van der Waals surface area contributed by atoms with E-state index in [-0.39, 0.29) is 0 Å². The summed E-state index contributed by atoms with van der Waals surface area (Å²) in [7, 11) is 0. The van der Waals surface area contributed by atoms with Gasteiger partial charge in [0.1, 0.15) is 0 Å². The van der Waals surface area contributed by atoms with Gasteiger partial charge in [0.2, 0.25) is 5.91 Å². The molecule has 3 rings (SSSR count). The number of primary amides is 1. The number of benzene rings is 1. The van der Waals surface area contributed by atoms with Crippen molar-refractivity contribution in [1.82, 2.24) is 10.1 Å². The van der Waals surface area contributed by atoms with Crippen LogP contribution in [-0.2, 0) is 5.54 Å². The van der Waals surface area contributed by atoms with Crippen LogP contribution >= 0.6 is 0 Å². The number of hydrogen-bond acceptors (Lipinski definition) is 5. The molecule has 1 aromatic heterocycles. The zero-order chi connectivity index (χ0) is 14.2. The molecule has 1 aromatic carbocycles. The van der Waals surface area contributed by atoms with Gasteiger partial charge in [-0.2, -0.15) is 4.98 Å². The highest BCUT2D eigenvalue weighted by Gasteiger charge is 2.36. The van der Waals surface area contributed by atoms with Gasteiger partial charge in [0.05, 0.1) is 5.54 Å². The summed E-state index contributed by atoms with van der Waals surface area (Å²) in [6.45, 7) is 0. The van der Waals surface area contributed by atoms with Gasteiger partial charge in [-0.25, -0.2) is 0 Å². The van der Waals surface area contributed by atoms with Gasteiger partial charge < -0.3 is 16.0 Å². The van der Waals surface area contributed by atoms with Crippen LogP contribution in [0.2, 0.25) is 0 Å². The Kier molecular flexibility index (Phi) is 3.02. The lowest BCUT2D eigenvalue weighted by atomic mass is 9.99. The zero-order valence-corrected chi connectivity index (χ0v) is 11.0. The van der Waals surface area contributed by atoms with Gasteiger partial charge in [-0.05, 0) is 37.1 Å². The van der Waals surface area contributed by atoms with E-state index in [1.165, 1.54) is 0 Å². The number of amides is 1. The van der Waals surface area contributed by atoms with Crippen molar-refractivity contribution in [3.8, 4) is 11.5 Å². The Labute approximate surface area is 116 Å². The maximum absolute atomic E-state index is 11.0. The highest BCUT2D eigenvalue weighted by atomic mass is 16.5. The van der Waals surface area contributed by atoms with Gasteiger partial charge in [0.15, 0.2) is 5.82 Å². The first-order valence-corrected chi connectivity index (χ1v) is 6.62. The molecule has 1 aliphatic carbocycles. The molecule has 1 aliphatic rings. The van der Waals surface area contributed by atoms with Crippen LogP contribution in [0, 0.1) is 0 Å². The fourth-order valence-corrected chi connectivity index (χ4v) is 2.55. The Morgan fingerprint density at radius 2 is 1.85 bits per heavy atom. The average Bonchev–Trinajstić information content (AvgIpc) is 3.08. The molecule has 0 radical (unpaired) electrons. The molecule has 0 saturated heterocycles. The summed E-state index contributed by atoms with van der Waals surface area (Å²) in [5.74, 6) is 0.506. The van der Waals surface area contributed by atoms with E-state index in [4.69, 9.17) is 16.0 Å². The second kappa shape index (κ2) is 4.72. The van der Waals surface area contributed by atoms with Crippen molar-refractivity contribution >= 4 is 5.91 Å². The molecule has 20 heavy (non-hydrogen) atoms. The first-order valence-electron chi connectivity index (χ1n) is 6.62. The van der Waals surface area contributed by atoms with E-state index in [0.29, 0.717) is 17.3 Å². The number of rotatable bonds is 3. The van der Waals surface area contributed by atoms with Crippen molar-refractivity contribution in [2.75, 3.05) is 0 Å². The molecule has 4 N–H and O–H groups in total. The Morgan fingerprint density at radius 3 is 2.45 bits per heavy atom. The molecule has 1 saturated carbocycles. The van der Waals surface area contributed by atoms with Crippen LogP contribution in [0.1, 0.15) is 41.9 Å². The highest BCUT2D eigenvalue weighted by molar-refractivity contribution is 5.93. The Morgan fingerprint density at radius 1 is 1.20 bits per heavy atom. The van der Waals surface area contributed by atoms with Gasteiger partial charge in [-0.1, -0.05) is 18.0 Å². The van der Waals surface area contributed by atoms with E-state index in [1.807, 2.05) is 0 Å². The fourth-order valence-electron chi connectivity index (χ4n) is 2.55. The molecule has 1 fully saturated rings. The smallest absolute Gasteiger partial charge is 0.257 e. The molecule has 1 amide bonds. The molecule has 104 valence electrons. The molecule has 6 nitrogen and oxygen atoms in total. The molecule has 1 heterocycles. The zero-order valence-electron chi connectivity index (χ0n) is 11.0. The quantitative estimate of drug-likeness (QED) is 0.881. The van der Waals surface area contributed by atoms with Gasteiger partial charge in [-0.15, -0.1) is 0 Å². The number of carbonyl (C=O) groups excluding carboxylic acids is 1. The summed E-state index contributed by atoms with van der Waals surface area (Å²) in [5, 5.41) is 4.00. The Balaban J connectivity index is 1.88.